The van der Waals surface area contributed by atoms with Gasteiger partial charge in [0.1, 0.15) is 12.2 Å². The van der Waals surface area contributed by atoms with Crippen molar-refractivity contribution < 1.29 is 39.0 Å². The summed E-state index contributed by atoms with van der Waals surface area (Å²) in [7, 11) is 0. The fourth-order valence-corrected chi connectivity index (χ4v) is 20.0. The first kappa shape index (κ1) is 52.5. The van der Waals surface area contributed by atoms with E-state index in [4.69, 9.17) is 29.4 Å². The van der Waals surface area contributed by atoms with Crippen LogP contribution in [0, 0.1) is 0 Å². The molecule has 11 heteroatoms. The molecule has 0 spiro atoms. The van der Waals surface area contributed by atoms with E-state index in [1.54, 1.807) is 13.3 Å². The molecule has 0 aromatic rings. The van der Waals surface area contributed by atoms with Gasteiger partial charge in [0.15, 0.2) is 0 Å². The molecule has 2 heterocycles. The van der Waals surface area contributed by atoms with Crippen molar-refractivity contribution >= 4 is 31.7 Å². The maximum absolute atomic E-state index is 12.5. The summed E-state index contributed by atoms with van der Waals surface area (Å²) in [6, 6.07) is 0. The molecule has 2 N–H and O–H groups in total. The van der Waals surface area contributed by atoms with Crippen molar-refractivity contribution in [2.75, 3.05) is 26.4 Å². The molecule has 0 saturated carbocycles. The number of piperidine rings is 2. The Hall–Kier alpha value is -0.501. The van der Waals surface area contributed by atoms with Gasteiger partial charge in [-0.1, -0.05) is 25.7 Å². The summed E-state index contributed by atoms with van der Waals surface area (Å²) < 4.78 is 16.8. The minimum atomic E-state index is -0.967. The molecule has 0 bridgehead atoms. The number of carbonyl (C=O) groups is 2. The normalized spacial score (nSPS) is 19.9. The molecule has 2 fully saturated rings. The molecule has 2 saturated heterocycles. The molecule has 2 aliphatic rings. The minimum absolute atomic E-state index is 0.0331. The van der Waals surface area contributed by atoms with Gasteiger partial charge in [0.25, 0.3) is 0 Å². The average Bonchev–Trinajstić information content (AvgIpc) is 3.07. The first-order valence-electron chi connectivity index (χ1n) is 22.4. The van der Waals surface area contributed by atoms with Gasteiger partial charge in [0.05, 0.1) is 26.4 Å². The molecule has 0 aliphatic carbocycles. The summed E-state index contributed by atoms with van der Waals surface area (Å²) in [4.78, 5) is 36.7. The number of hydroxylamine groups is 4. The monoisotopic (exact) mass is 893 g/mol. The van der Waals surface area contributed by atoms with Crippen LogP contribution in [0.3, 0.4) is 0 Å². The summed E-state index contributed by atoms with van der Waals surface area (Å²) in [6.07, 6.45) is 17.7. The third-order valence-electron chi connectivity index (χ3n) is 11.2. The SMILES string of the molecule is CC1(C)CC(OC(=O)CCCCCCCCC(=O)OC2CC(C)(C)N(OCCO)C(C)(C)C2)CC(C)(C)N1OCCO.CCC[CH2][SnH]([CH2]CCC)[CH2]CCC. The van der Waals surface area contributed by atoms with Crippen molar-refractivity contribution in [1.29, 1.82) is 0 Å². The number of hydrogen-bond acceptors (Lipinski definition) is 10. The Morgan fingerprint density at radius 1 is 0.527 bits per heavy atom. The molecule has 0 aromatic heterocycles. The molecule has 2 aliphatic heterocycles. The van der Waals surface area contributed by atoms with E-state index >= 15 is 0 Å². The van der Waals surface area contributed by atoms with Gasteiger partial charge in [-0.05, 0) is 68.2 Å². The van der Waals surface area contributed by atoms with Gasteiger partial charge in [-0.15, -0.1) is 0 Å². The maximum atomic E-state index is 12.5. The summed E-state index contributed by atoms with van der Waals surface area (Å²) in [5.41, 5.74) is -1.24. The summed E-state index contributed by atoms with van der Waals surface area (Å²) >= 11 is -0.967. The van der Waals surface area contributed by atoms with Crippen molar-refractivity contribution in [3.63, 3.8) is 0 Å². The fraction of sp³-hybridized carbons (Fsp3) is 0.955. The number of unbranched alkanes of at least 4 members (excludes halogenated alkanes) is 8. The van der Waals surface area contributed by atoms with Gasteiger partial charge in [0, 0.05) is 60.7 Å². The fourth-order valence-electron chi connectivity index (χ4n) is 9.12. The van der Waals surface area contributed by atoms with Gasteiger partial charge in [-0.2, -0.15) is 10.1 Å². The van der Waals surface area contributed by atoms with Crippen LogP contribution in [0.1, 0.15) is 192 Å². The number of ether oxygens (including phenoxy) is 2. The van der Waals surface area contributed by atoms with Crippen LogP contribution in [0.2, 0.25) is 13.3 Å². The van der Waals surface area contributed by atoms with Gasteiger partial charge in [-0.25, -0.2) is 0 Å². The van der Waals surface area contributed by atoms with E-state index in [1.807, 2.05) is 10.1 Å². The van der Waals surface area contributed by atoms with Crippen molar-refractivity contribution in [2.45, 2.75) is 239 Å². The van der Waals surface area contributed by atoms with E-state index in [9.17, 15) is 9.59 Å². The Bertz CT molecular complexity index is 916. The molecule has 0 radical (unpaired) electrons. The second-order valence-electron chi connectivity index (χ2n) is 18.9. The molecule has 10 nitrogen and oxygen atoms in total. The van der Waals surface area contributed by atoms with E-state index in [0.29, 0.717) is 38.5 Å². The van der Waals surface area contributed by atoms with Crippen LogP contribution in [-0.4, -0.2) is 113 Å². The van der Waals surface area contributed by atoms with E-state index in [2.05, 4.69) is 76.2 Å². The summed E-state index contributed by atoms with van der Waals surface area (Å²) in [5, 5.41) is 22.2. The topological polar surface area (TPSA) is 118 Å². The number of nitrogens with zero attached hydrogens (tertiary/aromatic N) is 2. The van der Waals surface area contributed by atoms with Gasteiger partial charge < -0.3 is 19.7 Å². The third-order valence-corrected chi connectivity index (χ3v) is 21.7. The molecule has 0 amide bonds. The number of aliphatic hydroxyl groups excluding tert-OH is 2. The zero-order valence-corrected chi connectivity index (χ0v) is 40.9. The molecule has 326 valence electrons. The van der Waals surface area contributed by atoms with E-state index in [-0.39, 0.29) is 72.7 Å². The van der Waals surface area contributed by atoms with Crippen LogP contribution >= 0.6 is 0 Å². The van der Waals surface area contributed by atoms with Crippen LogP contribution in [0.15, 0.2) is 0 Å². The molecule has 55 heavy (non-hydrogen) atoms. The van der Waals surface area contributed by atoms with Crippen LogP contribution in [0.25, 0.3) is 0 Å². The Morgan fingerprint density at radius 3 is 1.09 bits per heavy atom. The number of carbonyl (C=O) groups excluding carboxylic acids is 2. The third kappa shape index (κ3) is 20.8. The second-order valence-corrected chi connectivity index (χ2v) is 28.8. The van der Waals surface area contributed by atoms with Crippen LogP contribution in [-0.2, 0) is 28.7 Å². The molecular formula is C44H88N2O8Sn. The average molecular weight is 892 g/mol. The van der Waals surface area contributed by atoms with Crippen molar-refractivity contribution in [1.82, 2.24) is 10.1 Å². The number of aliphatic hydroxyl groups is 2. The zero-order valence-electron chi connectivity index (χ0n) is 37.6. The van der Waals surface area contributed by atoms with Crippen LogP contribution in [0.4, 0.5) is 0 Å². The van der Waals surface area contributed by atoms with Crippen molar-refractivity contribution in [3.8, 4) is 0 Å². The van der Waals surface area contributed by atoms with Crippen LogP contribution in [0.5, 0.6) is 0 Å². The zero-order chi connectivity index (χ0) is 41.5. The molecule has 0 atom stereocenters. The Kier molecular flexibility index (Phi) is 26.1. The first-order valence-corrected chi connectivity index (χ1v) is 29.3. The number of esters is 2. The predicted molar refractivity (Wildman–Crippen MR) is 228 cm³/mol. The number of hydrogen-bond donors (Lipinski definition) is 2. The predicted octanol–water partition coefficient (Wildman–Crippen LogP) is 9.70. The Balaban J connectivity index is 0.000000988. The molecule has 0 aromatic carbocycles. The van der Waals surface area contributed by atoms with Crippen LogP contribution < -0.4 is 0 Å². The molecule has 0 unspecified atom stereocenters. The van der Waals surface area contributed by atoms with Gasteiger partial charge in [0.2, 0.25) is 0 Å². The van der Waals surface area contributed by atoms with Crippen molar-refractivity contribution in [3.05, 3.63) is 0 Å². The number of rotatable bonds is 26. The molecule has 2 rings (SSSR count). The van der Waals surface area contributed by atoms with E-state index in [1.165, 1.54) is 38.5 Å². The first-order chi connectivity index (χ1) is 25.9. The Labute approximate surface area is 345 Å². The summed E-state index contributed by atoms with van der Waals surface area (Å²) in [6.45, 7) is 24.1. The van der Waals surface area contributed by atoms with Gasteiger partial charge in [-0.3, -0.25) is 19.3 Å². The standard InChI is InChI=1S/C32H60N2O8.3C4H9.Sn.H/c1-29(2)21-25(22-30(3,4)33(29)39-19-17-35)41-27(37)15-13-11-9-10-12-14-16-28(38)42-26-23-31(5,6)34(40-20-18-36)32(7,8)24-26;3*1-3-4-2;;/h25-26,35-36H,9-24H2,1-8H3;3*1,3-4H2,2H3;;. The van der Waals surface area contributed by atoms with E-state index in [0.717, 1.165) is 38.5 Å². The Morgan fingerprint density at radius 2 is 0.818 bits per heavy atom. The quantitative estimate of drug-likeness (QED) is 0.0494. The van der Waals surface area contributed by atoms with Crippen molar-refractivity contribution in [2.24, 2.45) is 0 Å². The van der Waals surface area contributed by atoms with E-state index < -0.39 is 19.8 Å². The molecular weight excluding hydrogens is 803 g/mol. The summed E-state index contributed by atoms with van der Waals surface area (Å²) in [5.74, 6) is -0.285. The van der Waals surface area contributed by atoms with Gasteiger partial charge >= 0.3 is 104 Å². The second kappa shape index (κ2) is 27.3.